The number of hydrogen-bond acceptors (Lipinski definition) is 14. The number of fused-ring (bicyclic) bond motifs is 1. The third-order valence-corrected chi connectivity index (χ3v) is 7.89. The number of aromatic nitrogens is 5. The molecule has 2 aliphatic rings. The molecule has 3 amide bonds. The van der Waals surface area contributed by atoms with E-state index >= 15 is 0 Å². The fourth-order valence-electron chi connectivity index (χ4n) is 3.33. The number of amides is 3. The van der Waals surface area contributed by atoms with Crippen molar-refractivity contribution in [2.24, 2.45) is 10.9 Å². The number of carboxylic acid groups (broad SMARTS) is 1. The van der Waals surface area contributed by atoms with Gasteiger partial charge in [0, 0.05) is 16.9 Å². The van der Waals surface area contributed by atoms with E-state index < -0.39 is 40.8 Å². The molecule has 1 fully saturated rings. The van der Waals surface area contributed by atoms with Crippen LogP contribution in [0.5, 0.6) is 0 Å². The van der Waals surface area contributed by atoms with Gasteiger partial charge in [0.05, 0.1) is 17.4 Å². The number of hydrogen-bond donors (Lipinski definition) is 5. The quantitative estimate of drug-likeness (QED) is 0.0480. The van der Waals surface area contributed by atoms with Crippen molar-refractivity contribution in [3.8, 4) is 0 Å². The molecule has 4 heterocycles. The molecule has 1 saturated heterocycles. The standard InChI is InChI=1S/C16H16N10O6S3.Na/c17-7(27)1-25-16(21-23-24-25)35-3-5-2-33-13-9(12(29)26(13)10(5)14(30)31)20-11(28)8(22-32)6-4-34-15(18)19-6;/h4,9,13,32H,1-3H2,(H2,17,27)(H2,18,19)(H,20,28)(H,30,31);/q;+1/p-1/t9?,13-;/m0./s1. The van der Waals surface area contributed by atoms with E-state index in [0.717, 1.165) is 28.0 Å². The molecule has 6 N–H and O–H groups in total. The van der Waals surface area contributed by atoms with E-state index in [1.165, 1.54) is 21.8 Å². The smallest absolute Gasteiger partial charge is 0.543 e. The van der Waals surface area contributed by atoms with Gasteiger partial charge in [-0.2, -0.15) is 0 Å². The van der Waals surface area contributed by atoms with Gasteiger partial charge >= 0.3 is 29.6 Å². The molecule has 0 aromatic carbocycles. The maximum absolute atomic E-state index is 12.8. The summed E-state index contributed by atoms with van der Waals surface area (Å²) in [6.07, 6.45) is 0. The number of nitrogens with one attached hydrogen (secondary N) is 3. The molecule has 0 radical (unpaired) electrons. The average molecular weight is 563 g/mol. The molecular weight excluding hydrogens is 547 g/mol. The summed E-state index contributed by atoms with van der Waals surface area (Å²) in [5.74, 6) is -3.47. The number of tetrazole rings is 1. The zero-order chi connectivity index (χ0) is 25.3. The zero-order valence-corrected chi connectivity index (χ0v) is 22.8. The number of carbonyl (C=O) groups is 4. The van der Waals surface area contributed by atoms with E-state index in [-0.39, 0.29) is 69.0 Å². The van der Waals surface area contributed by atoms with Crippen LogP contribution in [0, 0.1) is 5.41 Å². The summed E-state index contributed by atoms with van der Waals surface area (Å²) in [7, 11) is 0. The maximum Gasteiger partial charge on any atom is 1.00 e. The van der Waals surface area contributed by atoms with Crippen molar-refractivity contribution in [2.45, 2.75) is 23.1 Å². The molecule has 0 bridgehead atoms. The van der Waals surface area contributed by atoms with Crippen LogP contribution in [0.2, 0.25) is 0 Å². The third-order valence-electron chi connectivity index (χ3n) is 4.82. The number of thioether (sulfide) groups is 2. The van der Waals surface area contributed by atoms with Crippen LogP contribution < -0.4 is 50.5 Å². The summed E-state index contributed by atoms with van der Waals surface area (Å²) in [4.78, 5) is 52.0. The predicted octanol–water partition coefficient (Wildman–Crippen LogP) is -6.59. The Kier molecular flexibility index (Phi) is 8.95. The number of aromatic amines is 1. The average Bonchev–Trinajstić information content (AvgIpc) is 3.43. The minimum Gasteiger partial charge on any atom is -0.543 e. The van der Waals surface area contributed by atoms with Gasteiger partial charge in [-0.25, -0.2) is 4.68 Å². The largest absolute Gasteiger partial charge is 1.00 e. The minimum atomic E-state index is -1.56. The summed E-state index contributed by atoms with van der Waals surface area (Å²) < 4.78 is 1.17. The van der Waals surface area contributed by atoms with E-state index in [4.69, 9.17) is 11.1 Å². The number of nitrogens with two attached hydrogens (primary N) is 1. The number of aliphatic carboxylic acids is 1. The monoisotopic (exact) mass is 562 g/mol. The van der Waals surface area contributed by atoms with Crippen LogP contribution in [0.1, 0.15) is 5.69 Å². The molecule has 2 aliphatic heterocycles. The van der Waals surface area contributed by atoms with Crippen LogP contribution >= 0.6 is 34.9 Å². The van der Waals surface area contributed by atoms with Crippen LogP contribution in [0.25, 0.3) is 0 Å². The number of thiazole rings is 1. The number of rotatable bonds is 9. The number of carbonyl (C=O) groups excluding carboxylic acids is 4. The molecule has 36 heavy (non-hydrogen) atoms. The molecule has 0 aliphatic carbocycles. The summed E-state index contributed by atoms with van der Waals surface area (Å²) in [6, 6.07) is -1.07. The summed E-state index contributed by atoms with van der Waals surface area (Å²) >= 11 is 3.26. The third kappa shape index (κ3) is 5.49. The molecule has 2 atom stereocenters. The Hall–Kier alpha value is -2.71. The second-order valence-corrected chi connectivity index (χ2v) is 9.95. The van der Waals surface area contributed by atoms with Gasteiger partial charge in [0.2, 0.25) is 11.1 Å². The number of H-pyrrole nitrogens is 1. The van der Waals surface area contributed by atoms with E-state index in [9.17, 15) is 29.5 Å². The Morgan fingerprint density at radius 1 is 1.44 bits per heavy atom. The molecule has 2 aromatic rings. The normalized spacial score (nSPS) is 19.3. The first-order chi connectivity index (χ1) is 16.7. The number of carboxylic acids is 1. The molecular formula is C16H15N10NaO6S3. The molecule has 0 spiro atoms. The van der Waals surface area contributed by atoms with Gasteiger partial charge < -0.3 is 31.1 Å². The van der Waals surface area contributed by atoms with Gasteiger partial charge in [0.15, 0.2) is 10.5 Å². The number of primary amides is 1. The van der Waals surface area contributed by atoms with Gasteiger partial charge in [-0.15, -0.1) is 28.2 Å². The molecule has 1 unspecified atom stereocenters. The van der Waals surface area contributed by atoms with Crippen LogP contribution in [0.3, 0.4) is 0 Å². The Morgan fingerprint density at radius 2 is 2.19 bits per heavy atom. The van der Waals surface area contributed by atoms with Crippen LogP contribution in [0.4, 0.5) is 0 Å². The first-order valence-electron chi connectivity index (χ1n) is 9.52. The van der Waals surface area contributed by atoms with E-state index in [1.54, 1.807) is 0 Å². The van der Waals surface area contributed by atoms with Crippen LogP contribution in [-0.2, 0) is 25.7 Å². The first kappa shape index (κ1) is 27.9. The fraction of sp³-hybridized carbons (Fsp3) is 0.312. The number of nitrogens with zero attached hydrogens (tertiary/aromatic N) is 6. The van der Waals surface area contributed by atoms with Gasteiger partial charge in [-0.1, -0.05) is 16.9 Å². The predicted molar refractivity (Wildman–Crippen MR) is 118 cm³/mol. The first-order valence-corrected chi connectivity index (χ1v) is 12.4. The minimum absolute atomic E-state index is 0. The molecule has 2 aromatic heterocycles. The van der Waals surface area contributed by atoms with Crippen LogP contribution in [0.15, 0.2) is 27.0 Å². The van der Waals surface area contributed by atoms with Crippen molar-refractivity contribution in [3.05, 3.63) is 27.1 Å². The van der Waals surface area contributed by atoms with Crippen molar-refractivity contribution in [2.75, 3.05) is 11.5 Å². The summed E-state index contributed by atoms with van der Waals surface area (Å²) in [5.41, 5.74) is 4.88. The fourth-order valence-corrected chi connectivity index (χ4v) is 6.26. The Balaban J connectivity index is 0.00000361. The summed E-state index contributed by atoms with van der Waals surface area (Å²) in [5, 5.41) is 45.8. The molecule has 0 saturated carbocycles. The summed E-state index contributed by atoms with van der Waals surface area (Å²) in [6.45, 7) is -0.254. The van der Waals surface area contributed by atoms with Crippen molar-refractivity contribution in [1.29, 1.82) is 5.41 Å². The van der Waals surface area contributed by atoms with Crippen molar-refractivity contribution >= 4 is 64.3 Å². The van der Waals surface area contributed by atoms with E-state index in [2.05, 4.69) is 31.0 Å². The van der Waals surface area contributed by atoms with Gasteiger partial charge in [0.1, 0.15) is 18.0 Å². The van der Waals surface area contributed by atoms with E-state index in [0.29, 0.717) is 5.57 Å². The van der Waals surface area contributed by atoms with Gasteiger partial charge in [0.25, 0.3) is 11.8 Å². The topological polar surface area (TPSA) is 248 Å². The van der Waals surface area contributed by atoms with Crippen LogP contribution in [-0.4, -0.2) is 87.6 Å². The number of β-lactam (4-membered cyclic amide) rings is 1. The second kappa shape index (κ2) is 11.6. The zero-order valence-electron chi connectivity index (χ0n) is 18.3. The molecule has 16 nitrogen and oxygen atoms in total. The second-order valence-electron chi connectivity index (χ2n) is 7.03. The molecule has 4 rings (SSSR count). The SMILES string of the molecule is N=c1[nH]c(C(=NO)C(=O)NC2C(=O)N3C(C(=O)[O-])=C(CSc4nnnn4CC(N)=O)CS[C@@H]23)cs1.[Na+]. The Morgan fingerprint density at radius 3 is 2.81 bits per heavy atom. The number of oxime groups is 1. The van der Waals surface area contributed by atoms with Gasteiger partial charge in [-0.3, -0.25) is 24.7 Å². The van der Waals surface area contributed by atoms with E-state index in [1.807, 2.05) is 0 Å². The van der Waals surface area contributed by atoms with Crippen molar-refractivity contribution in [1.82, 2.24) is 35.4 Å². The Bertz CT molecular complexity index is 1340. The molecule has 184 valence electrons. The van der Waals surface area contributed by atoms with Crippen molar-refractivity contribution in [3.63, 3.8) is 0 Å². The Labute approximate surface area is 235 Å². The van der Waals surface area contributed by atoms with Gasteiger partial charge in [-0.05, 0) is 16.0 Å². The maximum atomic E-state index is 12.8. The molecule has 20 heteroatoms. The van der Waals surface area contributed by atoms with Crippen molar-refractivity contribution < 1.29 is 59.0 Å².